The molecule has 1 aromatic heterocycles. The Morgan fingerprint density at radius 2 is 1.96 bits per heavy atom. The van der Waals surface area contributed by atoms with Crippen molar-refractivity contribution < 1.29 is 14.3 Å². The van der Waals surface area contributed by atoms with Crippen LogP contribution in [0.4, 0.5) is 0 Å². The number of ether oxygens (including phenoxy) is 1. The van der Waals surface area contributed by atoms with E-state index in [1.165, 1.54) is 6.42 Å². The van der Waals surface area contributed by atoms with Gasteiger partial charge >= 0.3 is 5.97 Å². The van der Waals surface area contributed by atoms with Gasteiger partial charge in [-0.25, -0.2) is 4.79 Å². The molecule has 0 amide bonds. The number of carbonyl (C=O) groups excluding carboxylic acids is 2. The highest BCUT2D eigenvalue weighted by Crippen LogP contribution is 2.47. The smallest absolute Gasteiger partial charge is 0.337 e. The number of nitrogens with one attached hydrogen (secondary N) is 1. The van der Waals surface area contributed by atoms with E-state index in [2.05, 4.69) is 19.2 Å². The summed E-state index contributed by atoms with van der Waals surface area (Å²) in [5, 5.41) is 5.41. The van der Waals surface area contributed by atoms with Gasteiger partial charge in [-0.15, -0.1) is 11.3 Å². The first kappa shape index (κ1) is 19.4. The highest BCUT2D eigenvalue weighted by Gasteiger charge is 2.43. The molecule has 0 spiro atoms. The molecule has 0 saturated heterocycles. The fraction of sp³-hybridized carbons (Fsp3) is 0.565. The van der Waals surface area contributed by atoms with E-state index in [0.29, 0.717) is 12.0 Å². The molecule has 1 atom stereocenters. The van der Waals surface area contributed by atoms with Crippen LogP contribution >= 0.6 is 11.3 Å². The van der Waals surface area contributed by atoms with Crippen LogP contribution in [0.15, 0.2) is 40.1 Å². The van der Waals surface area contributed by atoms with Crippen molar-refractivity contribution in [2.24, 2.45) is 5.41 Å². The normalized spacial score (nSPS) is 25.4. The Labute approximate surface area is 171 Å². The van der Waals surface area contributed by atoms with Gasteiger partial charge in [0.05, 0.1) is 11.5 Å². The van der Waals surface area contributed by atoms with Crippen LogP contribution in [0.1, 0.15) is 76.5 Å². The van der Waals surface area contributed by atoms with Crippen LogP contribution in [-0.4, -0.2) is 17.9 Å². The van der Waals surface area contributed by atoms with Gasteiger partial charge in [0.2, 0.25) is 0 Å². The molecule has 4 rings (SSSR count). The van der Waals surface area contributed by atoms with E-state index < -0.39 is 0 Å². The second kappa shape index (κ2) is 7.51. The molecule has 28 heavy (non-hydrogen) atoms. The number of hydrogen-bond acceptors (Lipinski definition) is 5. The number of ketones is 1. The van der Waals surface area contributed by atoms with E-state index >= 15 is 0 Å². The average molecular weight is 400 g/mol. The number of dihydropyridines is 1. The summed E-state index contributed by atoms with van der Waals surface area (Å²) in [6.07, 6.45) is 6.67. The van der Waals surface area contributed by atoms with Crippen molar-refractivity contribution >= 4 is 23.1 Å². The monoisotopic (exact) mass is 399 g/mol. The summed E-state index contributed by atoms with van der Waals surface area (Å²) in [5.41, 5.74) is 3.11. The van der Waals surface area contributed by atoms with Crippen LogP contribution < -0.4 is 5.32 Å². The Balaban J connectivity index is 1.71. The second-order valence-electron chi connectivity index (χ2n) is 9.11. The summed E-state index contributed by atoms with van der Waals surface area (Å²) in [4.78, 5) is 27.4. The third kappa shape index (κ3) is 3.69. The maximum atomic E-state index is 13.2. The SMILES string of the molecule is CC1=C(C(=O)OC2CCCCC2)[C@H](c2cccs2)C2=C(CC(C)(C)CC2=O)N1. The van der Waals surface area contributed by atoms with E-state index in [1.807, 2.05) is 24.4 Å². The minimum Gasteiger partial charge on any atom is -0.459 e. The van der Waals surface area contributed by atoms with Gasteiger partial charge in [-0.1, -0.05) is 26.3 Å². The first-order valence-corrected chi connectivity index (χ1v) is 11.2. The van der Waals surface area contributed by atoms with Crippen molar-refractivity contribution in [1.29, 1.82) is 0 Å². The van der Waals surface area contributed by atoms with Crippen molar-refractivity contribution in [2.45, 2.75) is 77.7 Å². The summed E-state index contributed by atoms with van der Waals surface area (Å²) in [6, 6.07) is 4.01. The number of esters is 1. The van der Waals surface area contributed by atoms with Gasteiger partial charge < -0.3 is 10.1 Å². The van der Waals surface area contributed by atoms with E-state index in [1.54, 1.807) is 11.3 Å². The number of carbonyl (C=O) groups is 2. The topological polar surface area (TPSA) is 55.4 Å². The average Bonchev–Trinajstić information content (AvgIpc) is 3.14. The summed E-state index contributed by atoms with van der Waals surface area (Å²) in [5.74, 6) is -0.428. The number of rotatable bonds is 3. The zero-order valence-electron chi connectivity index (χ0n) is 17.0. The maximum Gasteiger partial charge on any atom is 0.337 e. The van der Waals surface area contributed by atoms with Gasteiger partial charge in [-0.2, -0.15) is 0 Å². The Morgan fingerprint density at radius 3 is 2.64 bits per heavy atom. The lowest BCUT2D eigenvalue weighted by molar-refractivity contribution is -0.146. The molecule has 0 radical (unpaired) electrons. The molecule has 1 aliphatic heterocycles. The molecule has 1 aromatic rings. The molecule has 0 unspecified atom stereocenters. The van der Waals surface area contributed by atoms with Crippen LogP contribution in [-0.2, 0) is 14.3 Å². The molecule has 2 aliphatic carbocycles. The summed E-state index contributed by atoms with van der Waals surface area (Å²) < 4.78 is 5.92. The molecule has 2 heterocycles. The van der Waals surface area contributed by atoms with E-state index in [-0.39, 0.29) is 29.2 Å². The predicted molar refractivity (Wildman–Crippen MR) is 111 cm³/mol. The van der Waals surface area contributed by atoms with E-state index in [9.17, 15) is 9.59 Å². The summed E-state index contributed by atoms with van der Waals surface area (Å²) in [7, 11) is 0. The Hall–Kier alpha value is -1.88. The van der Waals surface area contributed by atoms with Crippen molar-refractivity contribution in [3.05, 3.63) is 44.9 Å². The van der Waals surface area contributed by atoms with Gasteiger partial charge in [-0.05, 0) is 55.9 Å². The molecule has 5 heteroatoms. The highest BCUT2D eigenvalue weighted by atomic mass is 32.1. The third-order valence-electron chi connectivity index (χ3n) is 6.11. The highest BCUT2D eigenvalue weighted by molar-refractivity contribution is 7.10. The molecule has 1 saturated carbocycles. The first-order valence-electron chi connectivity index (χ1n) is 10.3. The van der Waals surface area contributed by atoms with Crippen LogP contribution in [0.25, 0.3) is 0 Å². The molecule has 3 aliphatic rings. The fourth-order valence-corrected chi connectivity index (χ4v) is 5.69. The standard InChI is InChI=1S/C23H29NO3S/c1-14-19(22(26)27-15-8-5-4-6-9-15)21(18-10-7-11-28-18)20-16(24-14)12-23(2,3)13-17(20)25/h7,10-11,15,21,24H,4-6,8-9,12-13H2,1-3H3/t21-/m0/s1. The van der Waals surface area contributed by atoms with Crippen molar-refractivity contribution in [1.82, 2.24) is 5.32 Å². The molecule has 150 valence electrons. The third-order valence-corrected chi connectivity index (χ3v) is 7.05. The summed E-state index contributed by atoms with van der Waals surface area (Å²) >= 11 is 1.60. The molecule has 0 bridgehead atoms. The van der Waals surface area contributed by atoms with Crippen LogP contribution in [0, 0.1) is 5.41 Å². The molecular weight excluding hydrogens is 370 g/mol. The van der Waals surface area contributed by atoms with Crippen molar-refractivity contribution in [3.8, 4) is 0 Å². The fourth-order valence-electron chi connectivity index (χ4n) is 4.84. The first-order chi connectivity index (χ1) is 13.4. The number of hydrogen-bond donors (Lipinski definition) is 1. The van der Waals surface area contributed by atoms with Gasteiger partial charge in [-0.3, -0.25) is 4.79 Å². The van der Waals surface area contributed by atoms with Crippen molar-refractivity contribution in [3.63, 3.8) is 0 Å². The Morgan fingerprint density at radius 1 is 1.21 bits per heavy atom. The largest absolute Gasteiger partial charge is 0.459 e. The van der Waals surface area contributed by atoms with E-state index in [4.69, 9.17) is 4.74 Å². The van der Waals surface area contributed by atoms with Gasteiger partial charge in [0.1, 0.15) is 6.10 Å². The predicted octanol–water partition coefficient (Wildman–Crippen LogP) is 5.23. The van der Waals surface area contributed by atoms with Crippen LogP contribution in [0.5, 0.6) is 0 Å². The molecule has 4 nitrogen and oxygen atoms in total. The van der Waals surface area contributed by atoms with Gasteiger partial charge in [0.15, 0.2) is 5.78 Å². The van der Waals surface area contributed by atoms with Gasteiger partial charge in [0, 0.05) is 28.3 Å². The molecule has 1 N–H and O–H groups in total. The molecular formula is C23H29NO3S. The minimum absolute atomic E-state index is 0.00176. The lowest BCUT2D eigenvalue weighted by Gasteiger charge is -2.39. The zero-order valence-corrected chi connectivity index (χ0v) is 17.8. The molecule has 0 aromatic carbocycles. The van der Waals surface area contributed by atoms with Crippen LogP contribution in [0.3, 0.4) is 0 Å². The summed E-state index contributed by atoms with van der Waals surface area (Å²) in [6.45, 7) is 6.19. The van der Waals surface area contributed by atoms with E-state index in [0.717, 1.165) is 53.9 Å². The quantitative estimate of drug-likeness (QED) is 0.707. The maximum absolute atomic E-state index is 13.2. The lowest BCUT2D eigenvalue weighted by atomic mass is 9.70. The number of Topliss-reactive ketones (excluding diaryl/α,β-unsaturated/α-hetero) is 1. The number of thiophene rings is 1. The van der Waals surface area contributed by atoms with Gasteiger partial charge in [0.25, 0.3) is 0 Å². The Kier molecular flexibility index (Phi) is 5.21. The minimum atomic E-state index is -0.309. The van der Waals surface area contributed by atoms with Crippen molar-refractivity contribution in [2.75, 3.05) is 0 Å². The molecule has 1 fully saturated rings. The number of allylic oxidation sites excluding steroid dienone is 3. The zero-order chi connectivity index (χ0) is 19.9. The Bertz CT molecular complexity index is 841. The second-order valence-corrected chi connectivity index (χ2v) is 10.1. The van der Waals surface area contributed by atoms with Crippen LogP contribution in [0.2, 0.25) is 0 Å². The lowest BCUT2D eigenvalue weighted by Crippen LogP contribution is -2.39.